The Hall–Kier alpha value is -0.160. The fourth-order valence-electron chi connectivity index (χ4n) is 1.12. The molecular weight excluding hydrogens is 220 g/mol. The Morgan fingerprint density at radius 1 is 1.71 bits per heavy atom. The summed E-state index contributed by atoms with van der Waals surface area (Å²) in [7, 11) is 0. The monoisotopic (exact) mass is 234 g/mol. The van der Waals surface area contributed by atoms with Gasteiger partial charge in [0.2, 0.25) is 0 Å². The van der Waals surface area contributed by atoms with Gasteiger partial charge in [0.15, 0.2) is 0 Å². The molecule has 3 nitrogen and oxygen atoms in total. The van der Waals surface area contributed by atoms with E-state index in [4.69, 9.17) is 16.7 Å². The molecule has 0 saturated heterocycles. The molecular formula is C9H15ClN2OS. The van der Waals surface area contributed by atoms with Crippen LogP contribution in [-0.2, 0) is 6.54 Å². The van der Waals surface area contributed by atoms with Crippen molar-refractivity contribution < 1.29 is 5.11 Å². The first-order valence-corrected chi connectivity index (χ1v) is 5.83. The van der Waals surface area contributed by atoms with Gasteiger partial charge in [-0.1, -0.05) is 18.5 Å². The largest absolute Gasteiger partial charge is 0.396 e. The van der Waals surface area contributed by atoms with E-state index in [1.807, 2.05) is 0 Å². The van der Waals surface area contributed by atoms with Gasteiger partial charge in [0.05, 0.1) is 6.20 Å². The maximum absolute atomic E-state index is 8.70. The molecule has 0 aromatic carbocycles. The lowest BCUT2D eigenvalue weighted by Gasteiger charge is -2.09. The molecule has 1 rings (SSSR count). The minimum absolute atomic E-state index is 0.256. The lowest BCUT2D eigenvalue weighted by molar-refractivity contribution is 0.260. The fourth-order valence-corrected chi connectivity index (χ4v) is 2.04. The summed E-state index contributed by atoms with van der Waals surface area (Å²) in [6.07, 6.45) is 2.51. The van der Waals surface area contributed by atoms with Crippen LogP contribution in [0.2, 0.25) is 4.34 Å². The summed E-state index contributed by atoms with van der Waals surface area (Å²) in [5.74, 6) is 0.496. The molecule has 1 heterocycles. The Kier molecular flexibility index (Phi) is 5.40. The van der Waals surface area contributed by atoms with E-state index >= 15 is 0 Å². The molecule has 0 aliphatic rings. The van der Waals surface area contributed by atoms with Gasteiger partial charge in [-0.3, -0.25) is 0 Å². The van der Waals surface area contributed by atoms with E-state index < -0.39 is 0 Å². The van der Waals surface area contributed by atoms with Crippen molar-refractivity contribution in [1.82, 2.24) is 10.3 Å². The van der Waals surface area contributed by atoms with Crippen molar-refractivity contribution in [3.05, 3.63) is 15.5 Å². The van der Waals surface area contributed by atoms with Crippen LogP contribution in [0.5, 0.6) is 0 Å². The van der Waals surface area contributed by atoms with Crippen molar-refractivity contribution >= 4 is 22.9 Å². The van der Waals surface area contributed by atoms with Gasteiger partial charge in [0, 0.05) is 13.2 Å². The Bertz CT molecular complexity index is 267. The average molecular weight is 235 g/mol. The van der Waals surface area contributed by atoms with Crippen molar-refractivity contribution in [3.8, 4) is 0 Å². The van der Waals surface area contributed by atoms with Crippen LogP contribution in [0.3, 0.4) is 0 Å². The Labute approximate surface area is 93.1 Å². The smallest absolute Gasteiger partial charge is 0.113 e. The van der Waals surface area contributed by atoms with Crippen LogP contribution >= 0.6 is 22.9 Å². The highest BCUT2D eigenvalue weighted by Crippen LogP contribution is 2.17. The number of nitrogens with one attached hydrogen (secondary N) is 1. The summed E-state index contributed by atoms with van der Waals surface area (Å²) in [5, 5.41) is 13.0. The summed E-state index contributed by atoms with van der Waals surface area (Å²) in [6.45, 7) is 4.02. The molecule has 80 valence electrons. The maximum atomic E-state index is 8.70. The predicted octanol–water partition coefficient (Wildman–Crippen LogP) is 1.90. The van der Waals surface area contributed by atoms with E-state index in [-0.39, 0.29) is 6.61 Å². The van der Waals surface area contributed by atoms with E-state index in [2.05, 4.69) is 17.2 Å². The molecule has 0 saturated carbocycles. The zero-order chi connectivity index (χ0) is 10.4. The zero-order valence-corrected chi connectivity index (χ0v) is 9.74. The molecule has 14 heavy (non-hydrogen) atoms. The highest BCUT2D eigenvalue weighted by Gasteiger charge is 2.02. The average Bonchev–Trinajstić information content (AvgIpc) is 2.52. The van der Waals surface area contributed by atoms with Gasteiger partial charge in [-0.15, -0.1) is 11.3 Å². The van der Waals surface area contributed by atoms with Gasteiger partial charge in [-0.25, -0.2) is 4.98 Å². The first-order valence-electron chi connectivity index (χ1n) is 4.64. The zero-order valence-electron chi connectivity index (χ0n) is 8.16. The molecule has 0 fully saturated rings. The van der Waals surface area contributed by atoms with Gasteiger partial charge in [-0.05, 0) is 18.9 Å². The Morgan fingerprint density at radius 2 is 2.50 bits per heavy atom. The summed E-state index contributed by atoms with van der Waals surface area (Å²) in [5.41, 5.74) is 0. The van der Waals surface area contributed by atoms with Gasteiger partial charge < -0.3 is 10.4 Å². The normalized spacial score (nSPS) is 13.1. The van der Waals surface area contributed by atoms with E-state index in [0.717, 1.165) is 28.9 Å². The van der Waals surface area contributed by atoms with Crippen molar-refractivity contribution in [2.45, 2.75) is 19.9 Å². The number of rotatable bonds is 6. The van der Waals surface area contributed by atoms with Crippen LogP contribution < -0.4 is 5.32 Å². The van der Waals surface area contributed by atoms with E-state index in [0.29, 0.717) is 5.92 Å². The lowest BCUT2D eigenvalue weighted by Crippen LogP contribution is -2.21. The number of thiazole rings is 1. The summed E-state index contributed by atoms with van der Waals surface area (Å²) in [4.78, 5) is 4.13. The van der Waals surface area contributed by atoms with E-state index in [1.54, 1.807) is 6.20 Å². The second-order valence-corrected chi connectivity index (χ2v) is 5.05. The van der Waals surface area contributed by atoms with Crippen molar-refractivity contribution in [2.75, 3.05) is 13.2 Å². The third kappa shape index (κ3) is 4.37. The number of aliphatic hydroxyl groups is 1. The van der Waals surface area contributed by atoms with Crippen molar-refractivity contribution in [1.29, 1.82) is 0 Å². The van der Waals surface area contributed by atoms with Gasteiger partial charge in [-0.2, -0.15) is 0 Å². The topological polar surface area (TPSA) is 45.1 Å². The molecule has 5 heteroatoms. The number of halogens is 1. The van der Waals surface area contributed by atoms with Crippen LogP contribution in [-0.4, -0.2) is 23.2 Å². The number of hydrogen-bond acceptors (Lipinski definition) is 4. The summed E-state index contributed by atoms with van der Waals surface area (Å²) in [6, 6.07) is 0. The van der Waals surface area contributed by atoms with Crippen LogP contribution in [0.4, 0.5) is 0 Å². The first-order chi connectivity index (χ1) is 6.72. The second kappa shape index (κ2) is 6.35. The van der Waals surface area contributed by atoms with Crippen LogP contribution in [0.25, 0.3) is 0 Å². The highest BCUT2D eigenvalue weighted by atomic mass is 35.5. The molecule has 1 atom stereocenters. The van der Waals surface area contributed by atoms with E-state index in [9.17, 15) is 0 Å². The van der Waals surface area contributed by atoms with Crippen LogP contribution in [0.1, 0.15) is 18.4 Å². The molecule has 2 N–H and O–H groups in total. The minimum atomic E-state index is 0.256. The number of hydrogen-bond donors (Lipinski definition) is 2. The molecule has 0 aliphatic heterocycles. The molecule has 0 amide bonds. The van der Waals surface area contributed by atoms with Gasteiger partial charge in [0.25, 0.3) is 0 Å². The summed E-state index contributed by atoms with van der Waals surface area (Å²) < 4.78 is 0.727. The SMILES string of the molecule is CC(CCO)CNCc1ncc(Cl)s1. The molecule has 0 spiro atoms. The predicted molar refractivity (Wildman–Crippen MR) is 59.7 cm³/mol. The van der Waals surface area contributed by atoms with E-state index in [1.165, 1.54) is 11.3 Å². The molecule has 0 aliphatic carbocycles. The Balaban J connectivity index is 2.15. The van der Waals surface area contributed by atoms with Crippen molar-refractivity contribution in [3.63, 3.8) is 0 Å². The first kappa shape index (κ1) is 11.9. The molecule has 1 aromatic rings. The molecule has 0 bridgehead atoms. The molecule has 1 aromatic heterocycles. The molecule has 0 radical (unpaired) electrons. The molecule has 1 unspecified atom stereocenters. The number of aliphatic hydroxyl groups excluding tert-OH is 1. The third-order valence-corrected chi connectivity index (χ3v) is 3.03. The van der Waals surface area contributed by atoms with Gasteiger partial charge >= 0.3 is 0 Å². The lowest BCUT2D eigenvalue weighted by atomic mass is 10.1. The minimum Gasteiger partial charge on any atom is -0.396 e. The third-order valence-electron chi connectivity index (χ3n) is 1.92. The fraction of sp³-hybridized carbons (Fsp3) is 0.667. The van der Waals surface area contributed by atoms with Crippen LogP contribution in [0.15, 0.2) is 6.20 Å². The standard InChI is InChI=1S/C9H15ClN2OS/c1-7(2-3-13)4-11-6-9-12-5-8(10)14-9/h5,7,11,13H,2-4,6H2,1H3. The second-order valence-electron chi connectivity index (χ2n) is 3.31. The Morgan fingerprint density at radius 3 is 3.07 bits per heavy atom. The number of nitrogens with zero attached hydrogens (tertiary/aromatic N) is 1. The van der Waals surface area contributed by atoms with Gasteiger partial charge in [0.1, 0.15) is 9.34 Å². The van der Waals surface area contributed by atoms with Crippen molar-refractivity contribution in [2.24, 2.45) is 5.92 Å². The maximum Gasteiger partial charge on any atom is 0.113 e. The van der Waals surface area contributed by atoms with Crippen LogP contribution in [0, 0.1) is 5.92 Å². The summed E-state index contributed by atoms with van der Waals surface area (Å²) >= 11 is 7.24. The quantitative estimate of drug-likeness (QED) is 0.791. The highest BCUT2D eigenvalue weighted by molar-refractivity contribution is 7.15. The number of aromatic nitrogens is 1.